The van der Waals surface area contributed by atoms with Gasteiger partial charge in [-0.25, -0.2) is 0 Å². The van der Waals surface area contributed by atoms with Crippen LogP contribution in [-0.2, 0) is 6.18 Å². The number of hydrogen-bond acceptors (Lipinski definition) is 1. The first kappa shape index (κ1) is 14.5. The average Bonchev–Trinajstić information content (AvgIpc) is 2.33. The molecule has 1 nitrogen and oxygen atoms in total. The number of rotatable bonds is 2. The van der Waals surface area contributed by atoms with Crippen LogP contribution in [0.2, 0.25) is 5.02 Å². The molecule has 1 fully saturated rings. The van der Waals surface area contributed by atoms with Crippen molar-refractivity contribution in [3.63, 3.8) is 0 Å². The molecule has 19 heavy (non-hydrogen) atoms. The molecule has 1 saturated carbocycles. The smallest absolute Gasteiger partial charge is 0.382 e. The predicted molar refractivity (Wildman–Crippen MR) is 71.5 cm³/mol. The highest BCUT2D eigenvalue weighted by atomic mass is 35.5. The third kappa shape index (κ3) is 3.78. The number of nitrogens with one attached hydrogen (secondary N) is 1. The van der Waals surface area contributed by atoms with Crippen LogP contribution in [0.15, 0.2) is 18.2 Å². The fraction of sp³-hybridized carbons (Fsp3) is 0.571. The second-order valence-electron chi connectivity index (χ2n) is 5.29. The van der Waals surface area contributed by atoms with Crippen molar-refractivity contribution in [2.24, 2.45) is 5.92 Å². The van der Waals surface area contributed by atoms with E-state index in [-0.39, 0.29) is 16.8 Å². The molecule has 0 saturated heterocycles. The van der Waals surface area contributed by atoms with Gasteiger partial charge in [-0.3, -0.25) is 0 Å². The second kappa shape index (κ2) is 5.61. The molecule has 0 atom stereocenters. The van der Waals surface area contributed by atoms with Gasteiger partial charge in [0, 0.05) is 16.8 Å². The van der Waals surface area contributed by atoms with Crippen LogP contribution in [0.1, 0.15) is 38.2 Å². The summed E-state index contributed by atoms with van der Waals surface area (Å²) in [7, 11) is 0. The summed E-state index contributed by atoms with van der Waals surface area (Å²) in [6.45, 7) is 2.18. The maximum Gasteiger partial charge on any atom is 0.418 e. The number of halogens is 4. The molecule has 1 aliphatic carbocycles. The number of anilines is 1. The second-order valence-corrected chi connectivity index (χ2v) is 5.73. The van der Waals surface area contributed by atoms with Crippen molar-refractivity contribution in [3.8, 4) is 0 Å². The lowest BCUT2D eigenvalue weighted by molar-refractivity contribution is -0.137. The van der Waals surface area contributed by atoms with Crippen LogP contribution in [0.25, 0.3) is 0 Å². The van der Waals surface area contributed by atoms with Gasteiger partial charge < -0.3 is 5.32 Å². The van der Waals surface area contributed by atoms with E-state index >= 15 is 0 Å². The topological polar surface area (TPSA) is 12.0 Å². The Balaban J connectivity index is 2.16. The Hall–Kier alpha value is -0.900. The molecule has 1 aliphatic rings. The summed E-state index contributed by atoms with van der Waals surface area (Å²) in [5, 5.41) is 3.13. The minimum atomic E-state index is -4.38. The minimum Gasteiger partial charge on any atom is -0.382 e. The van der Waals surface area contributed by atoms with Crippen LogP contribution in [0, 0.1) is 5.92 Å². The van der Waals surface area contributed by atoms with Gasteiger partial charge in [0.05, 0.1) is 5.56 Å². The Morgan fingerprint density at radius 3 is 2.37 bits per heavy atom. The summed E-state index contributed by atoms with van der Waals surface area (Å²) in [5.74, 6) is 0.672. The van der Waals surface area contributed by atoms with Crippen molar-refractivity contribution in [1.29, 1.82) is 0 Å². The maximum absolute atomic E-state index is 12.9. The van der Waals surface area contributed by atoms with E-state index < -0.39 is 11.7 Å². The van der Waals surface area contributed by atoms with Crippen LogP contribution < -0.4 is 5.32 Å². The molecule has 0 amide bonds. The lowest BCUT2D eigenvalue weighted by Crippen LogP contribution is -2.26. The van der Waals surface area contributed by atoms with Crippen molar-refractivity contribution in [2.45, 2.75) is 44.8 Å². The van der Waals surface area contributed by atoms with E-state index in [1.807, 2.05) is 0 Å². The molecule has 0 bridgehead atoms. The zero-order valence-electron chi connectivity index (χ0n) is 10.7. The van der Waals surface area contributed by atoms with Crippen molar-refractivity contribution >= 4 is 17.3 Å². The van der Waals surface area contributed by atoms with Crippen LogP contribution in [0.3, 0.4) is 0 Å². The van der Waals surface area contributed by atoms with E-state index in [4.69, 9.17) is 11.6 Å². The number of alkyl halides is 3. The summed E-state index contributed by atoms with van der Waals surface area (Å²) in [6, 6.07) is 4.02. The summed E-state index contributed by atoms with van der Waals surface area (Å²) in [5.41, 5.74) is -0.546. The Bertz CT molecular complexity index is 437. The molecule has 0 aliphatic heterocycles. The van der Waals surface area contributed by atoms with Gasteiger partial charge in [0.2, 0.25) is 0 Å². The average molecular weight is 292 g/mol. The van der Waals surface area contributed by atoms with Crippen LogP contribution in [-0.4, -0.2) is 6.04 Å². The largest absolute Gasteiger partial charge is 0.418 e. The standard InChI is InChI=1S/C14H17ClF3N/c1-9-2-5-11(6-3-9)19-13-7-4-10(15)8-12(13)14(16,17)18/h4,7-9,11,19H,2-3,5-6H2,1H3. The van der Waals surface area contributed by atoms with E-state index in [1.165, 1.54) is 12.1 Å². The molecule has 2 rings (SSSR count). The first-order valence-electron chi connectivity index (χ1n) is 6.49. The van der Waals surface area contributed by atoms with E-state index in [1.54, 1.807) is 0 Å². The highest BCUT2D eigenvalue weighted by Crippen LogP contribution is 2.37. The van der Waals surface area contributed by atoms with Gasteiger partial charge in [-0.2, -0.15) is 13.2 Å². The van der Waals surface area contributed by atoms with Gasteiger partial charge >= 0.3 is 6.18 Å². The minimum absolute atomic E-state index is 0.107. The molecule has 106 valence electrons. The fourth-order valence-corrected chi connectivity index (χ4v) is 2.67. The molecule has 1 N–H and O–H groups in total. The Morgan fingerprint density at radius 2 is 1.79 bits per heavy atom. The fourth-order valence-electron chi connectivity index (χ4n) is 2.50. The van der Waals surface area contributed by atoms with Crippen LogP contribution >= 0.6 is 11.6 Å². The Kier molecular flexibility index (Phi) is 4.29. The number of hydrogen-bond donors (Lipinski definition) is 1. The zero-order valence-corrected chi connectivity index (χ0v) is 11.5. The van der Waals surface area contributed by atoms with Gasteiger partial charge in [-0.1, -0.05) is 18.5 Å². The van der Waals surface area contributed by atoms with E-state index in [9.17, 15) is 13.2 Å². The molecule has 1 aromatic rings. The summed E-state index contributed by atoms with van der Waals surface area (Å²) >= 11 is 5.66. The van der Waals surface area contributed by atoms with Crippen molar-refractivity contribution in [1.82, 2.24) is 0 Å². The summed E-state index contributed by atoms with van der Waals surface area (Å²) in [6.07, 6.45) is -0.420. The lowest BCUT2D eigenvalue weighted by atomic mass is 9.87. The molecule has 0 spiro atoms. The van der Waals surface area contributed by atoms with Gasteiger partial charge in [-0.05, 0) is 49.8 Å². The lowest BCUT2D eigenvalue weighted by Gasteiger charge is -2.28. The molecule has 1 aromatic carbocycles. The first-order chi connectivity index (χ1) is 8.86. The van der Waals surface area contributed by atoms with Crippen LogP contribution in [0.5, 0.6) is 0 Å². The number of benzene rings is 1. The molecule has 0 radical (unpaired) electrons. The quantitative estimate of drug-likeness (QED) is 0.774. The predicted octanol–water partition coefficient (Wildman–Crippen LogP) is 5.35. The maximum atomic E-state index is 12.9. The SMILES string of the molecule is CC1CCC(Nc2ccc(Cl)cc2C(F)(F)F)CC1. The summed E-state index contributed by atoms with van der Waals surface area (Å²) < 4.78 is 38.8. The summed E-state index contributed by atoms with van der Waals surface area (Å²) in [4.78, 5) is 0. The molecule has 0 heterocycles. The van der Waals surface area contributed by atoms with Crippen molar-refractivity contribution < 1.29 is 13.2 Å². The molecular formula is C14H17ClF3N. The molecule has 5 heteroatoms. The highest BCUT2D eigenvalue weighted by Gasteiger charge is 2.34. The van der Waals surface area contributed by atoms with Crippen molar-refractivity contribution in [3.05, 3.63) is 28.8 Å². The first-order valence-corrected chi connectivity index (χ1v) is 6.87. The van der Waals surface area contributed by atoms with Gasteiger partial charge in [0.25, 0.3) is 0 Å². The van der Waals surface area contributed by atoms with Gasteiger partial charge in [-0.15, -0.1) is 0 Å². The van der Waals surface area contributed by atoms with E-state index in [0.717, 1.165) is 31.7 Å². The zero-order chi connectivity index (χ0) is 14.0. The molecule has 0 aromatic heterocycles. The third-order valence-corrected chi connectivity index (χ3v) is 3.90. The Morgan fingerprint density at radius 1 is 1.16 bits per heavy atom. The normalized spacial score (nSPS) is 24.3. The Labute approximate surface area is 116 Å². The van der Waals surface area contributed by atoms with Gasteiger partial charge in [0.1, 0.15) is 0 Å². The van der Waals surface area contributed by atoms with E-state index in [2.05, 4.69) is 12.2 Å². The van der Waals surface area contributed by atoms with E-state index in [0.29, 0.717) is 5.92 Å². The van der Waals surface area contributed by atoms with Crippen molar-refractivity contribution in [2.75, 3.05) is 5.32 Å². The molecule has 0 unspecified atom stereocenters. The highest BCUT2D eigenvalue weighted by molar-refractivity contribution is 6.30. The van der Waals surface area contributed by atoms with Gasteiger partial charge in [0.15, 0.2) is 0 Å². The van der Waals surface area contributed by atoms with Crippen LogP contribution in [0.4, 0.5) is 18.9 Å². The molecular weight excluding hydrogens is 275 g/mol. The monoisotopic (exact) mass is 291 g/mol. The third-order valence-electron chi connectivity index (χ3n) is 3.66.